The molecule has 1 aliphatic heterocycles. The Hall–Kier alpha value is -2.65. The molecule has 2 atom stereocenters. The fourth-order valence-electron chi connectivity index (χ4n) is 4.22. The third-order valence-electron chi connectivity index (χ3n) is 6.00. The monoisotopic (exact) mass is 429 g/mol. The van der Waals surface area contributed by atoms with Crippen LogP contribution in [0.25, 0.3) is 11.0 Å². The van der Waals surface area contributed by atoms with Gasteiger partial charge in [-0.05, 0) is 42.9 Å². The molecule has 168 valence electrons. The summed E-state index contributed by atoms with van der Waals surface area (Å²) in [4.78, 5) is 28.4. The van der Waals surface area contributed by atoms with Crippen molar-refractivity contribution in [3.05, 3.63) is 30.1 Å². The summed E-state index contributed by atoms with van der Waals surface area (Å²) in [7, 11) is 1.36. The van der Waals surface area contributed by atoms with Gasteiger partial charge in [0.15, 0.2) is 0 Å². The van der Waals surface area contributed by atoms with E-state index in [4.69, 9.17) is 4.74 Å². The van der Waals surface area contributed by atoms with Gasteiger partial charge in [0.05, 0.1) is 13.7 Å². The van der Waals surface area contributed by atoms with E-state index in [1.54, 1.807) is 6.20 Å². The molecule has 0 bridgehead atoms. The summed E-state index contributed by atoms with van der Waals surface area (Å²) in [5, 5.41) is 10.2. The molecule has 2 aromatic rings. The Morgan fingerprint density at radius 1 is 1.39 bits per heavy atom. The molecule has 9 heteroatoms. The van der Waals surface area contributed by atoms with Gasteiger partial charge in [0.25, 0.3) is 0 Å². The lowest BCUT2D eigenvalue weighted by atomic mass is 9.94. The zero-order valence-corrected chi connectivity index (χ0v) is 17.9. The van der Waals surface area contributed by atoms with Crippen molar-refractivity contribution < 1.29 is 19.1 Å². The highest BCUT2D eigenvalue weighted by atomic mass is 16.5. The molecular formula is C22H31N5O4. The van der Waals surface area contributed by atoms with Gasteiger partial charge in [-0.25, -0.2) is 9.78 Å². The van der Waals surface area contributed by atoms with Gasteiger partial charge >= 0.3 is 6.09 Å². The number of rotatable bonds is 9. The summed E-state index contributed by atoms with van der Waals surface area (Å²) in [6.45, 7) is 3.78. The first-order chi connectivity index (χ1) is 15.2. The fourth-order valence-corrected chi connectivity index (χ4v) is 4.22. The minimum Gasteiger partial charge on any atom is -0.453 e. The van der Waals surface area contributed by atoms with Crippen molar-refractivity contribution in [2.24, 2.45) is 5.92 Å². The van der Waals surface area contributed by atoms with Gasteiger partial charge < -0.3 is 30.0 Å². The van der Waals surface area contributed by atoms with E-state index in [9.17, 15) is 9.59 Å². The Balaban J connectivity index is 1.45. The average molecular weight is 430 g/mol. The van der Waals surface area contributed by atoms with Crippen LogP contribution in [0.1, 0.15) is 30.7 Å². The molecule has 0 aromatic carbocycles. The van der Waals surface area contributed by atoms with E-state index in [1.807, 2.05) is 6.07 Å². The number of pyridine rings is 1. The Kier molecular flexibility index (Phi) is 7.03. The molecule has 3 N–H and O–H groups in total. The highest BCUT2D eigenvalue weighted by Gasteiger charge is 2.35. The summed E-state index contributed by atoms with van der Waals surface area (Å²) < 4.78 is 12.3. The van der Waals surface area contributed by atoms with Crippen LogP contribution in [-0.2, 0) is 20.8 Å². The third kappa shape index (κ3) is 5.34. The molecule has 2 aliphatic rings. The van der Waals surface area contributed by atoms with Crippen LogP contribution in [-0.4, -0.2) is 67.6 Å². The molecule has 1 saturated carbocycles. The Bertz CT molecular complexity index is 904. The number of alkyl carbamates (subject to hydrolysis) is 1. The van der Waals surface area contributed by atoms with Crippen molar-refractivity contribution in [2.75, 3.05) is 39.9 Å². The molecule has 0 radical (unpaired) electrons. The predicted octanol–water partition coefficient (Wildman–Crippen LogP) is 1.38. The maximum absolute atomic E-state index is 12.6. The summed E-state index contributed by atoms with van der Waals surface area (Å²) in [5.74, 6) is 0.779. The zero-order chi connectivity index (χ0) is 21.6. The van der Waals surface area contributed by atoms with Crippen LogP contribution in [0.15, 0.2) is 24.5 Å². The van der Waals surface area contributed by atoms with Crippen molar-refractivity contribution in [3.8, 4) is 0 Å². The third-order valence-corrected chi connectivity index (χ3v) is 6.00. The lowest BCUT2D eigenvalue weighted by Crippen LogP contribution is -2.48. The number of ether oxygens (including phenoxy) is 2. The normalized spacial score (nSPS) is 19.7. The number of carbonyl (C=O) groups is 2. The standard InChI is InChI=1S/C22H31N5O4/c1-30-22(29)25-8-3-10-27-14-18(16-4-2-7-24-20(16)27)17(15-5-6-15)12-26-21(28)19-13-23-9-11-31-19/h2,4,7,14-15,17,19,23H,3,5-6,8-13H2,1H3,(H,25,29)(H,26,28)/t17-,19-/m1/s1. The van der Waals surface area contributed by atoms with Crippen LogP contribution in [0.4, 0.5) is 4.79 Å². The van der Waals surface area contributed by atoms with Crippen LogP contribution in [0.5, 0.6) is 0 Å². The maximum Gasteiger partial charge on any atom is 0.406 e. The first-order valence-electron chi connectivity index (χ1n) is 11.0. The van der Waals surface area contributed by atoms with E-state index in [0.717, 1.165) is 30.5 Å². The van der Waals surface area contributed by atoms with Gasteiger partial charge in [-0.15, -0.1) is 0 Å². The molecule has 2 amide bonds. The molecule has 0 spiro atoms. The minimum absolute atomic E-state index is 0.0476. The number of aromatic nitrogens is 2. The van der Waals surface area contributed by atoms with Crippen LogP contribution in [0.3, 0.4) is 0 Å². The highest BCUT2D eigenvalue weighted by Crippen LogP contribution is 2.44. The molecular weight excluding hydrogens is 398 g/mol. The van der Waals surface area contributed by atoms with Crippen molar-refractivity contribution in [1.29, 1.82) is 0 Å². The van der Waals surface area contributed by atoms with Crippen LogP contribution >= 0.6 is 0 Å². The number of morpholine rings is 1. The van der Waals surface area contributed by atoms with Crippen molar-refractivity contribution in [1.82, 2.24) is 25.5 Å². The molecule has 31 heavy (non-hydrogen) atoms. The van der Waals surface area contributed by atoms with Gasteiger partial charge in [-0.3, -0.25) is 4.79 Å². The number of aryl methyl sites for hydroxylation is 1. The predicted molar refractivity (Wildman–Crippen MR) is 116 cm³/mol. The number of fused-ring (bicyclic) bond motifs is 1. The number of methoxy groups -OCH3 is 1. The second-order valence-corrected chi connectivity index (χ2v) is 8.18. The SMILES string of the molecule is COC(=O)NCCCn1cc([C@H](CNC(=O)[C@H]2CNCCO2)C2CC2)c2cccnc21. The Labute approximate surface area is 181 Å². The van der Waals surface area contributed by atoms with Crippen LogP contribution < -0.4 is 16.0 Å². The first-order valence-corrected chi connectivity index (χ1v) is 11.0. The van der Waals surface area contributed by atoms with E-state index in [1.165, 1.54) is 25.5 Å². The van der Waals surface area contributed by atoms with E-state index in [0.29, 0.717) is 32.2 Å². The number of nitrogens with one attached hydrogen (secondary N) is 3. The lowest BCUT2D eigenvalue weighted by molar-refractivity contribution is -0.134. The van der Waals surface area contributed by atoms with Crippen molar-refractivity contribution in [3.63, 3.8) is 0 Å². The van der Waals surface area contributed by atoms with Crippen LogP contribution in [0.2, 0.25) is 0 Å². The van der Waals surface area contributed by atoms with Gasteiger partial charge in [0.1, 0.15) is 11.8 Å². The van der Waals surface area contributed by atoms with E-state index in [-0.39, 0.29) is 11.8 Å². The zero-order valence-electron chi connectivity index (χ0n) is 17.9. The summed E-state index contributed by atoms with van der Waals surface area (Å²) in [6, 6.07) is 4.06. The average Bonchev–Trinajstić information content (AvgIpc) is 3.59. The second-order valence-electron chi connectivity index (χ2n) is 8.18. The van der Waals surface area contributed by atoms with E-state index in [2.05, 4.69) is 42.5 Å². The van der Waals surface area contributed by atoms with Crippen LogP contribution in [0, 0.1) is 5.92 Å². The lowest BCUT2D eigenvalue weighted by Gasteiger charge is -2.24. The fraction of sp³-hybridized carbons (Fsp3) is 0.591. The quantitative estimate of drug-likeness (QED) is 0.520. The van der Waals surface area contributed by atoms with Crippen molar-refractivity contribution >= 4 is 23.0 Å². The molecule has 0 unspecified atom stereocenters. The van der Waals surface area contributed by atoms with E-state index >= 15 is 0 Å². The minimum atomic E-state index is -0.419. The molecule has 3 heterocycles. The Morgan fingerprint density at radius 2 is 2.26 bits per heavy atom. The number of nitrogens with zero attached hydrogens (tertiary/aromatic N) is 2. The first kappa shape index (κ1) is 21.6. The van der Waals surface area contributed by atoms with Gasteiger partial charge in [0.2, 0.25) is 5.91 Å². The van der Waals surface area contributed by atoms with Gasteiger partial charge in [0, 0.05) is 56.4 Å². The number of carbonyl (C=O) groups excluding carboxylic acids is 2. The van der Waals surface area contributed by atoms with Gasteiger partial charge in [-0.1, -0.05) is 0 Å². The molecule has 2 aromatic heterocycles. The van der Waals surface area contributed by atoms with Crippen molar-refractivity contribution in [2.45, 2.75) is 37.8 Å². The number of hydrogen-bond donors (Lipinski definition) is 3. The smallest absolute Gasteiger partial charge is 0.406 e. The summed E-state index contributed by atoms with van der Waals surface area (Å²) in [6.07, 6.45) is 6.26. The Morgan fingerprint density at radius 3 is 3.00 bits per heavy atom. The summed E-state index contributed by atoms with van der Waals surface area (Å²) >= 11 is 0. The maximum atomic E-state index is 12.6. The molecule has 1 aliphatic carbocycles. The van der Waals surface area contributed by atoms with Gasteiger partial charge in [-0.2, -0.15) is 0 Å². The molecule has 9 nitrogen and oxygen atoms in total. The van der Waals surface area contributed by atoms with E-state index < -0.39 is 12.2 Å². The second kappa shape index (κ2) is 10.1. The number of hydrogen-bond acceptors (Lipinski definition) is 6. The topological polar surface area (TPSA) is 107 Å². The molecule has 4 rings (SSSR count). The molecule has 2 fully saturated rings. The summed E-state index contributed by atoms with van der Waals surface area (Å²) in [5.41, 5.74) is 2.17. The number of amides is 2. The highest BCUT2D eigenvalue weighted by molar-refractivity contribution is 5.83. The largest absolute Gasteiger partial charge is 0.453 e. The molecule has 1 saturated heterocycles.